The van der Waals surface area contributed by atoms with Crippen molar-refractivity contribution in [1.29, 1.82) is 0 Å². The van der Waals surface area contributed by atoms with Crippen molar-refractivity contribution in [1.82, 2.24) is 0 Å². The van der Waals surface area contributed by atoms with E-state index in [4.69, 9.17) is 15.8 Å². The molecule has 198 valence electrons. The molecule has 1 saturated carbocycles. The van der Waals surface area contributed by atoms with E-state index in [2.05, 4.69) is 47.8 Å². The number of nitrogen functional groups attached to an aromatic ring is 1. The predicted molar refractivity (Wildman–Crippen MR) is 157 cm³/mol. The fourth-order valence-electron chi connectivity index (χ4n) is 6.06. The van der Waals surface area contributed by atoms with E-state index < -0.39 is 5.97 Å². The molecule has 38 heavy (non-hydrogen) atoms. The van der Waals surface area contributed by atoms with Crippen LogP contribution in [-0.4, -0.2) is 16.9 Å². The van der Waals surface area contributed by atoms with Gasteiger partial charge >= 0.3 is 5.97 Å². The van der Waals surface area contributed by atoms with Crippen LogP contribution in [0.5, 0.6) is 0 Å². The molecule has 0 bridgehead atoms. The molecule has 0 spiro atoms. The number of rotatable bonds is 7. The van der Waals surface area contributed by atoms with Crippen LogP contribution in [0.25, 0.3) is 5.57 Å². The molecule has 1 heterocycles. The number of amidine groups is 1. The second kappa shape index (κ2) is 12.3. The molecule has 2 aromatic carbocycles. The Kier molecular flexibility index (Phi) is 8.42. The first kappa shape index (κ1) is 26.0. The Labute approximate surface area is 226 Å². The number of anilines is 2. The van der Waals surface area contributed by atoms with Crippen molar-refractivity contribution in [2.75, 3.05) is 11.1 Å². The number of benzene rings is 2. The third kappa shape index (κ3) is 6.63. The summed E-state index contributed by atoms with van der Waals surface area (Å²) in [6.45, 7) is 0.632. The number of aryl methyl sites for hydroxylation is 1. The van der Waals surface area contributed by atoms with Gasteiger partial charge in [0, 0.05) is 23.0 Å². The summed E-state index contributed by atoms with van der Waals surface area (Å²) in [5, 5.41) is 12.4. The molecule has 0 saturated heterocycles. The largest absolute Gasteiger partial charge is 0.478 e. The van der Waals surface area contributed by atoms with Crippen molar-refractivity contribution in [3.63, 3.8) is 0 Å². The number of nitrogens with one attached hydrogen (secondary N) is 1. The van der Waals surface area contributed by atoms with Crippen LogP contribution in [0.15, 0.2) is 77.3 Å². The van der Waals surface area contributed by atoms with Gasteiger partial charge in [0.2, 0.25) is 0 Å². The third-order valence-corrected chi connectivity index (χ3v) is 8.37. The molecule has 5 nitrogen and oxygen atoms in total. The number of nitrogens with zero attached hydrogens (tertiary/aromatic N) is 1. The summed E-state index contributed by atoms with van der Waals surface area (Å²) in [7, 11) is 0. The molecular weight excluding hydrogens is 470 g/mol. The average Bonchev–Trinajstić information content (AvgIpc) is 3.32. The lowest BCUT2D eigenvalue weighted by Gasteiger charge is -2.21. The van der Waals surface area contributed by atoms with Crippen molar-refractivity contribution in [2.45, 2.75) is 70.8 Å². The topological polar surface area (TPSA) is 87.7 Å². The number of carbonyl (C=O) groups is 1. The normalized spacial score (nSPS) is 21.8. The summed E-state index contributed by atoms with van der Waals surface area (Å²) < 4.78 is 0. The first-order valence-electron chi connectivity index (χ1n) is 14.1. The minimum Gasteiger partial charge on any atom is -0.478 e. The van der Waals surface area contributed by atoms with Crippen LogP contribution in [0.2, 0.25) is 0 Å². The SMILES string of the molecule is Nc1cccc2c1CN=C(C1=CCC=C(c3ccc(CCC4CCCC(C=CC(=O)O)CC4)cc3)CC1)N2. The van der Waals surface area contributed by atoms with E-state index in [-0.39, 0.29) is 0 Å². The zero-order chi connectivity index (χ0) is 26.3. The van der Waals surface area contributed by atoms with Gasteiger partial charge in [0.05, 0.1) is 6.54 Å². The molecule has 3 aliphatic rings. The lowest BCUT2D eigenvalue weighted by molar-refractivity contribution is -0.131. The highest BCUT2D eigenvalue weighted by Gasteiger charge is 2.19. The summed E-state index contributed by atoms with van der Waals surface area (Å²) in [5.41, 5.74) is 14.5. The second-order valence-corrected chi connectivity index (χ2v) is 10.9. The Morgan fingerprint density at radius 2 is 1.84 bits per heavy atom. The standard InChI is InChI=1S/C33H39N3O2/c34-30-8-3-9-31-29(30)22-35-33(36-31)28-7-2-6-26(19-20-28)27-17-14-25(15-18-27)13-12-23-4-1-5-24(11-10-23)16-21-32(37)38/h3,6-9,14-18,21,23-24H,1-2,4-5,10-13,19-20,22,34H2,(H,35,36)(H,37,38). The minimum atomic E-state index is -0.835. The zero-order valence-electron chi connectivity index (χ0n) is 22.2. The average molecular weight is 510 g/mol. The van der Waals surface area contributed by atoms with Gasteiger partial charge in [-0.1, -0.05) is 61.4 Å². The van der Waals surface area contributed by atoms with Gasteiger partial charge in [-0.2, -0.15) is 0 Å². The quantitative estimate of drug-likeness (QED) is 0.204. The van der Waals surface area contributed by atoms with E-state index >= 15 is 0 Å². The number of aliphatic imine (C=N–C) groups is 1. The molecule has 0 amide bonds. The summed E-state index contributed by atoms with van der Waals surface area (Å²) in [6.07, 6.45) is 19.0. The smallest absolute Gasteiger partial charge is 0.327 e. The van der Waals surface area contributed by atoms with Gasteiger partial charge in [0.1, 0.15) is 5.84 Å². The fraction of sp³-hybridized carbons (Fsp3) is 0.394. The Hall–Kier alpha value is -3.60. The molecule has 0 radical (unpaired) electrons. The van der Waals surface area contributed by atoms with Crippen LogP contribution in [-0.2, 0) is 17.8 Å². The molecular formula is C33H39N3O2. The number of aliphatic carboxylic acids is 1. The van der Waals surface area contributed by atoms with Crippen LogP contribution in [0.3, 0.4) is 0 Å². The van der Waals surface area contributed by atoms with Gasteiger partial charge in [0.15, 0.2) is 0 Å². The number of fused-ring (bicyclic) bond motifs is 1. The number of carboxylic acids is 1. The van der Waals surface area contributed by atoms with Crippen molar-refractivity contribution in [2.24, 2.45) is 16.8 Å². The fourth-order valence-corrected chi connectivity index (χ4v) is 6.06. The number of allylic oxidation sites excluding steroid dienone is 4. The first-order valence-corrected chi connectivity index (χ1v) is 14.1. The van der Waals surface area contributed by atoms with Crippen molar-refractivity contribution < 1.29 is 9.90 Å². The Morgan fingerprint density at radius 3 is 2.68 bits per heavy atom. The lowest BCUT2D eigenvalue weighted by atomic mass is 9.91. The van der Waals surface area contributed by atoms with Gasteiger partial charge < -0.3 is 16.2 Å². The summed E-state index contributed by atoms with van der Waals surface area (Å²) >= 11 is 0. The maximum atomic E-state index is 10.8. The lowest BCUT2D eigenvalue weighted by Crippen LogP contribution is -2.20. The summed E-state index contributed by atoms with van der Waals surface area (Å²) in [6, 6.07) is 15.2. The molecule has 0 aromatic heterocycles. The summed E-state index contributed by atoms with van der Waals surface area (Å²) in [4.78, 5) is 15.6. The number of carboxylic acid groups (broad SMARTS) is 1. The van der Waals surface area contributed by atoms with Gasteiger partial charge in [-0.05, 0) is 97.6 Å². The Morgan fingerprint density at radius 1 is 1.03 bits per heavy atom. The van der Waals surface area contributed by atoms with Crippen LogP contribution < -0.4 is 11.1 Å². The van der Waals surface area contributed by atoms with Crippen molar-refractivity contribution in [3.8, 4) is 0 Å². The maximum absolute atomic E-state index is 10.8. The van der Waals surface area contributed by atoms with E-state index in [9.17, 15) is 4.79 Å². The van der Waals surface area contributed by atoms with Crippen molar-refractivity contribution in [3.05, 3.63) is 89.0 Å². The molecule has 5 heteroatoms. The second-order valence-electron chi connectivity index (χ2n) is 10.9. The highest BCUT2D eigenvalue weighted by Crippen LogP contribution is 2.33. The van der Waals surface area contributed by atoms with Gasteiger partial charge in [0.25, 0.3) is 0 Å². The Balaban J connectivity index is 1.11. The number of nitrogens with two attached hydrogens (primary N) is 1. The van der Waals surface area contributed by atoms with Gasteiger partial charge in [-0.25, -0.2) is 4.79 Å². The van der Waals surface area contributed by atoms with Crippen LogP contribution >= 0.6 is 0 Å². The van der Waals surface area contributed by atoms with E-state index in [1.807, 2.05) is 18.2 Å². The van der Waals surface area contributed by atoms with E-state index in [0.717, 1.165) is 67.2 Å². The Bertz CT molecular complexity index is 1270. The zero-order valence-corrected chi connectivity index (χ0v) is 22.2. The minimum absolute atomic E-state index is 0.425. The van der Waals surface area contributed by atoms with Gasteiger partial charge in [-0.15, -0.1) is 0 Å². The van der Waals surface area contributed by atoms with Crippen molar-refractivity contribution >= 4 is 28.8 Å². The summed E-state index contributed by atoms with van der Waals surface area (Å²) in [5.74, 6) is 1.31. The predicted octanol–water partition coefficient (Wildman–Crippen LogP) is 7.56. The van der Waals surface area contributed by atoms with E-state index in [1.165, 1.54) is 54.0 Å². The molecule has 5 rings (SSSR count). The van der Waals surface area contributed by atoms with E-state index in [0.29, 0.717) is 12.5 Å². The monoisotopic (exact) mass is 509 g/mol. The number of hydrogen-bond acceptors (Lipinski definition) is 4. The molecule has 2 aliphatic carbocycles. The maximum Gasteiger partial charge on any atom is 0.327 e. The van der Waals surface area contributed by atoms with Crippen LogP contribution in [0.1, 0.15) is 74.5 Å². The molecule has 1 fully saturated rings. The van der Waals surface area contributed by atoms with Crippen LogP contribution in [0.4, 0.5) is 11.4 Å². The molecule has 2 atom stereocenters. The highest BCUT2D eigenvalue weighted by molar-refractivity contribution is 6.09. The molecule has 2 aromatic rings. The number of hydrogen-bond donors (Lipinski definition) is 3. The molecule has 4 N–H and O–H groups in total. The first-order chi connectivity index (χ1) is 18.5. The highest BCUT2D eigenvalue weighted by atomic mass is 16.4. The molecule has 2 unspecified atom stereocenters. The van der Waals surface area contributed by atoms with Gasteiger partial charge in [-0.3, -0.25) is 4.99 Å². The van der Waals surface area contributed by atoms with Crippen LogP contribution in [0, 0.1) is 11.8 Å². The third-order valence-electron chi connectivity index (χ3n) is 8.37. The van der Waals surface area contributed by atoms with E-state index in [1.54, 1.807) is 0 Å². The molecule has 1 aliphatic heterocycles.